The third kappa shape index (κ3) is 7.77. The van der Waals surface area contributed by atoms with Gasteiger partial charge in [0, 0.05) is 55.7 Å². The minimum atomic E-state index is -0.164. The number of fused-ring (bicyclic) bond motifs is 9. The molecule has 0 radical (unpaired) electrons. The molecule has 372 valence electrons. The fourth-order valence-corrected chi connectivity index (χ4v) is 12.0. The summed E-state index contributed by atoms with van der Waals surface area (Å²) in [7, 11) is 0. The summed E-state index contributed by atoms with van der Waals surface area (Å²) < 4.78 is 10.3. The maximum absolute atomic E-state index is 7.62. The Morgan fingerprint density at radius 3 is 1.58 bits per heavy atom. The molecule has 0 saturated carbocycles. The molecule has 0 unspecified atom stereocenters. The van der Waals surface area contributed by atoms with Crippen LogP contribution in [0.2, 0.25) is 0 Å². The molecule has 0 N–H and O–H groups in total. The van der Waals surface area contributed by atoms with E-state index in [1.807, 2.05) is 0 Å². The number of aromatic nitrogens is 1. The molecule has 0 fully saturated rings. The van der Waals surface area contributed by atoms with Crippen molar-refractivity contribution in [2.45, 2.75) is 159 Å². The largest absolute Gasteiger partial charge is 0.454 e. The lowest BCUT2D eigenvalue weighted by Gasteiger charge is -2.41. The Bertz CT molecular complexity index is 3700. The first kappa shape index (κ1) is 48.8. The Balaban J connectivity index is 1.31. The molecule has 0 saturated heterocycles. The van der Waals surface area contributed by atoms with Crippen molar-refractivity contribution in [3.63, 3.8) is 0 Å². The van der Waals surface area contributed by atoms with E-state index in [2.05, 4.69) is 261 Å². The Kier molecular flexibility index (Phi) is 10.7. The molecule has 0 bridgehead atoms. The first-order valence-electron chi connectivity index (χ1n) is 26.8. The summed E-state index contributed by atoms with van der Waals surface area (Å²) in [5, 5.41) is 3.71. The van der Waals surface area contributed by atoms with Crippen LogP contribution in [0, 0.1) is 27.7 Å². The predicted octanol–water partition coefficient (Wildman–Crippen LogP) is 18.0. The minimum absolute atomic E-state index is 0.00395. The van der Waals surface area contributed by atoms with Gasteiger partial charge in [0.15, 0.2) is 5.76 Å². The lowest BCUT2D eigenvalue weighted by Crippen LogP contribution is -2.60. The molecule has 4 nitrogen and oxygen atoms in total. The highest BCUT2D eigenvalue weighted by Gasteiger charge is 2.48. The van der Waals surface area contributed by atoms with Crippen molar-refractivity contribution >= 4 is 79.0 Å². The Hall–Kier alpha value is -6.46. The molecule has 0 amide bonds. The number of rotatable bonds is 4. The molecule has 2 aliphatic rings. The Morgan fingerprint density at radius 2 is 1.03 bits per heavy atom. The van der Waals surface area contributed by atoms with Crippen LogP contribution in [-0.4, -0.2) is 11.4 Å². The molecule has 2 aliphatic heterocycles. The van der Waals surface area contributed by atoms with Gasteiger partial charge in [-0.25, -0.2) is 0 Å². The normalized spacial score (nSPS) is 13.9. The van der Waals surface area contributed by atoms with Crippen molar-refractivity contribution in [2.24, 2.45) is 0 Å². The predicted molar refractivity (Wildman–Crippen MR) is 317 cm³/mol. The lowest BCUT2D eigenvalue weighted by molar-refractivity contribution is 0.553. The minimum Gasteiger partial charge on any atom is -0.454 e. The molecule has 7 aromatic carbocycles. The summed E-state index contributed by atoms with van der Waals surface area (Å²) in [6, 6.07) is 45.4. The third-order valence-corrected chi connectivity index (χ3v) is 16.2. The van der Waals surface area contributed by atoms with Crippen LogP contribution in [0.1, 0.15) is 154 Å². The van der Waals surface area contributed by atoms with Gasteiger partial charge in [-0.05, 0) is 166 Å². The summed E-state index contributed by atoms with van der Waals surface area (Å²) in [4.78, 5) is 5.18. The van der Waals surface area contributed by atoms with Gasteiger partial charge in [-0.15, -0.1) is 0 Å². The van der Waals surface area contributed by atoms with E-state index in [0.717, 1.165) is 28.4 Å². The maximum atomic E-state index is 7.62. The van der Waals surface area contributed by atoms with Crippen LogP contribution >= 0.6 is 0 Å². The van der Waals surface area contributed by atoms with Gasteiger partial charge in [-0.2, -0.15) is 0 Å². The monoisotopic (exact) mass is 962 g/mol. The van der Waals surface area contributed by atoms with Crippen LogP contribution in [0.3, 0.4) is 0 Å². The molecule has 0 spiro atoms. The van der Waals surface area contributed by atoms with Crippen LogP contribution in [0.4, 0.5) is 28.4 Å². The van der Waals surface area contributed by atoms with Crippen molar-refractivity contribution in [3.8, 4) is 17.0 Å². The standard InChI is InChI=1S/C68H76BN3O/c1-39-20-27-55(41(3)30-39)70(56-28-21-40(2)31-42(56)4)48-26-29-57-49(38-48)50-32-45(66(11,12)13)36-54-60(50)71(57)58-37-46(67(14,15)16)33-51-59(58)69(54)72(47-24-22-43(23-25-47)64(5,6)7)61-52-34-44(65(8,9)10)35-53(68(17,18)19)62(52)73-63(51)61/h20-38H,1-19H3. The highest BCUT2D eigenvalue weighted by Crippen LogP contribution is 2.53. The van der Waals surface area contributed by atoms with Gasteiger partial charge >= 0.3 is 6.85 Å². The molecular formula is C68H76BN3O. The van der Waals surface area contributed by atoms with Gasteiger partial charge in [-0.1, -0.05) is 164 Å². The molecular weight excluding hydrogens is 886 g/mol. The molecule has 73 heavy (non-hydrogen) atoms. The van der Waals surface area contributed by atoms with Crippen molar-refractivity contribution in [1.29, 1.82) is 0 Å². The van der Waals surface area contributed by atoms with Gasteiger partial charge < -0.3 is 18.7 Å². The second-order valence-electron chi connectivity index (χ2n) is 27.1. The summed E-state index contributed by atoms with van der Waals surface area (Å²) in [5.41, 5.74) is 25.3. The fourth-order valence-electron chi connectivity index (χ4n) is 12.0. The molecule has 5 heteroatoms. The van der Waals surface area contributed by atoms with E-state index in [1.165, 1.54) is 111 Å². The summed E-state index contributed by atoms with van der Waals surface area (Å²) in [6.07, 6.45) is 0. The van der Waals surface area contributed by atoms with Crippen LogP contribution in [0.25, 0.3) is 49.8 Å². The molecule has 11 rings (SSSR count). The van der Waals surface area contributed by atoms with E-state index < -0.39 is 0 Å². The zero-order valence-corrected chi connectivity index (χ0v) is 47.3. The first-order chi connectivity index (χ1) is 34.0. The second kappa shape index (κ2) is 16.0. The van der Waals surface area contributed by atoms with E-state index in [4.69, 9.17) is 4.42 Å². The number of furan rings is 1. The van der Waals surface area contributed by atoms with Crippen LogP contribution in [0.5, 0.6) is 0 Å². The van der Waals surface area contributed by atoms with Crippen LogP contribution < -0.4 is 20.6 Å². The number of aryl methyl sites for hydroxylation is 4. The Labute approximate surface area is 436 Å². The number of nitrogens with zero attached hydrogens (tertiary/aromatic N) is 3. The van der Waals surface area contributed by atoms with E-state index in [0.29, 0.717) is 0 Å². The molecule has 9 aromatic rings. The number of hydrogen-bond acceptors (Lipinski definition) is 3. The van der Waals surface area contributed by atoms with Crippen molar-refractivity contribution in [2.75, 3.05) is 9.71 Å². The molecule has 0 aliphatic carbocycles. The van der Waals surface area contributed by atoms with Gasteiger partial charge in [0.05, 0.1) is 16.7 Å². The van der Waals surface area contributed by atoms with E-state index in [-0.39, 0.29) is 33.9 Å². The van der Waals surface area contributed by atoms with E-state index >= 15 is 0 Å². The van der Waals surface area contributed by atoms with Crippen molar-refractivity contribution in [1.82, 2.24) is 4.57 Å². The third-order valence-electron chi connectivity index (χ3n) is 16.2. The van der Waals surface area contributed by atoms with E-state index in [9.17, 15) is 0 Å². The van der Waals surface area contributed by atoms with Crippen LogP contribution in [-0.2, 0) is 27.1 Å². The van der Waals surface area contributed by atoms with E-state index in [1.54, 1.807) is 0 Å². The highest BCUT2D eigenvalue weighted by molar-refractivity contribution is 6.93. The summed E-state index contributed by atoms with van der Waals surface area (Å²) >= 11 is 0. The van der Waals surface area contributed by atoms with Crippen molar-refractivity contribution < 1.29 is 4.42 Å². The molecule has 2 aromatic heterocycles. The Morgan fingerprint density at radius 1 is 0.479 bits per heavy atom. The van der Waals surface area contributed by atoms with Gasteiger partial charge in [0.25, 0.3) is 0 Å². The fraction of sp³-hybridized carbons (Fsp3) is 0.353. The van der Waals surface area contributed by atoms with Crippen molar-refractivity contribution in [3.05, 3.63) is 165 Å². The number of hydrogen-bond donors (Lipinski definition) is 0. The first-order valence-corrected chi connectivity index (χ1v) is 26.8. The van der Waals surface area contributed by atoms with Gasteiger partial charge in [0.2, 0.25) is 0 Å². The highest BCUT2D eigenvalue weighted by atomic mass is 16.3. The number of anilines is 5. The van der Waals surface area contributed by atoms with Crippen LogP contribution in [0.15, 0.2) is 120 Å². The summed E-state index contributed by atoms with van der Waals surface area (Å²) in [5.74, 6) is 0.952. The zero-order valence-electron chi connectivity index (χ0n) is 47.3. The maximum Gasteiger partial charge on any atom is 0.333 e. The number of benzene rings is 7. The quantitative estimate of drug-likeness (QED) is 0.164. The smallest absolute Gasteiger partial charge is 0.333 e. The topological polar surface area (TPSA) is 24.6 Å². The zero-order chi connectivity index (χ0) is 52.4. The second-order valence-corrected chi connectivity index (χ2v) is 27.1. The summed E-state index contributed by atoms with van der Waals surface area (Å²) in [6.45, 7) is 43.9. The SMILES string of the molecule is Cc1ccc(N(c2ccc3c(c2)c2cc(C(C)(C)C)cc4c2n3-c2cc(C(C)(C)C)cc3c2B4N(c2ccc(C(C)(C)C)cc2)c2c-3oc3c(C(C)(C)C)cc(C(C)(C)C)cc23)c2ccc(C)cc2C)c(C)c1. The average molecular weight is 962 g/mol. The molecule has 4 heterocycles. The molecule has 0 atom stereocenters. The van der Waals surface area contributed by atoms with Gasteiger partial charge in [-0.3, -0.25) is 0 Å². The average Bonchev–Trinajstić information content (AvgIpc) is 3.84. The lowest BCUT2D eigenvalue weighted by atomic mass is 9.43. The van der Waals surface area contributed by atoms with Gasteiger partial charge in [0.1, 0.15) is 5.58 Å².